The summed E-state index contributed by atoms with van der Waals surface area (Å²) < 4.78 is 1.61. The highest BCUT2D eigenvalue weighted by molar-refractivity contribution is 5.77. The summed E-state index contributed by atoms with van der Waals surface area (Å²) in [6.45, 7) is 0. The van der Waals surface area contributed by atoms with Gasteiger partial charge in [0, 0.05) is 19.4 Å². The van der Waals surface area contributed by atoms with E-state index in [9.17, 15) is 4.79 Å². The molecule has 0 amide bonds. The van der Waals surface area contributed by atoms with Gasteiger partial charge in [-0.05, 0) is 0 Å². The van der Waals surface area contributed by atoms with E-state index in [2.05, 4.69) is 15.0 Å². The molecule has 0 aliphatic carbocycles. The number of aryl methyl sites for hydroxylation is 1. The number of carbonyl (C=O) groups excluding carboxylic acids is 1. The Labute approximate surface area is 68.1 Å². The Balaban J connectivity index is 2.87. The molecule has 0 aliphatic rings. The molecule has 0 aromatic carbocycles. The van der Waals surface area contributed by atoms with Gasteiger partial charge in [-0.2, -0.15) is 0 Å². The smallest absolute Gasteiger partial charge is 0.198 e. The third-order valence-electron chi connectivity index (χ3n) is 1.65. The van der Waals surface area contributed by atoms with Gasteiger partial charge in [0.05, 0.1) is 0 Å². The largest absolute Gasteiger partial charge is 0.308 e. The van der Waals surface area contributed by atoms with Crippen LogP contribution >= 0.6 is 0 Å². The number of aromatic nitrogens is 4. The maximum absolute atomic E-state index is 10.5. The maximum atomic E-state index is 10.5. The van der Waals surface area contributed by atoms with Crippen LogP contribution in [0.4, 0.5) is 0 Å². The fourth-order valence-electron chi connectivity index (χ4n) is 1.04. The molecule has 0 radical (unpaired) electrons. The monoisotopic (exact) mass is 162 g/mol. The number of hydrogen-bond donors (Lipinski definition) is 0. The second kappa shape index (κ2) is 2.37. The van der Waals surface area contributed by atoms with Crippen LogP contribution < -0.4 is 0 Å². The second-order valence-electron chi connectivity index (χ2n) is 2.35. The summed E-state index contributed by atoms with van der Waals surface area (Å²) in [6, 6.07) is 0. The normalized spacial score (nSPS) is 10.4. The van der Waals surface area contributed by atoms with E-state index in [0.29, 0.717) is 23.4 Å². The summed E-state index contributed by atoms with van der Waals surface area (Å²) in [7, 11) is 1.73. The number of aldehydes is 1. The standard InChI is InChI=1S/C7H6N4O/c1-11-5(4-12)10-6-7(11)9-3-2-8-6/h2-4H,1H3. The first-order chi connectivity index (χ1) is 5.83. The molecule has 0 saturated heterocycles. The molecule has 0 saturated carbocycles. The van der Waals surface area contributed by atoms with E-state index in [4.69, 9.17) is 0 Å². The number of hydrogen-bond acceptors (Lipinski definition) is 4. The van der Waals surface area contributed by atoms with E-state index >= 15 is 0 Å². The lowest BCUT2D eigenvalue weighted by molar-refractivity contribution is 0.111. The molecule has 2 aromatic rings. The van der Waals surface area contributed by atoms with Crippen LogP contribution in [0.2, 0.25) is 0 Å². The van der Waals surface area contributed by atoms with Crippen molar-refractivity contribution in [2.45, 2.75) is 0 Å². The Morgan fingerprint density at radius 2 is 2.17 bits per heavy atom. The molecule has 2 heterocycles. The lowest BCUT2D eigenvalue weighted by atomic mass is 10.6. The molecule has 5 heteroatoms. The molecule has 0 spiro atoms. The topological polar surface area (TPSA) is 60.7 Å². The Hall–Kier alpha value is -1.78. The van der Waals surface area contributed by atoms with Crippen LogP contribution in [0, 0.1) is 0 Å². The van der Waals surface area contributed by atoms with E-state index in [1.807, 2.05) is 0 Å². The van der Waals surface area contributed by atoms with Gasteiger partial charge in [-0.3, -0.25) is 4.79 Å². The Morgan fingerprint density at radius 1 is 1.42 bits per heavy atom. The SMILES string of the molecule is Cn1c(C=O)nc2nccnc21. The average molecular weight is 162 g/mol. The van der Waals surface area contributed by atoms with Crippen molar-refractivity contribution in [3.8, 4) is 0 Å². The van der Waals surface area contributed by atoms with E-state index < -0.39 is 0 Å². The van der Waals surface area contributed by atoms with Gasteiger partial charge in [0.2, 0.25) is 0 Å². The first kappa shape index (κ1) is 6.90. The van der Waals surface area contributed by atoms with Crippen molar-refractivity contribution >= 4 is 17.6 Å². The van der Waals surface area contributed by atoms with Gasteiger partial charge in [-0.25, -0.2) is 15.0 Å². The zero-order valence-electron chi connectivity index (χ0n) is 6.43. The van der Waals surface area contributed by atoms with Crippen LogP contribution in [0.15, 0.2) is 12.4 Å². The summed E-state index contributed by atoms with van der Waals surface area (Å²) in [5, 5.41) is 0. The average Bonchev–Trinajstić information content (AvgIpc) is 2.44. The Kier molecular flexibility index (Phi) is 1.36. The molecular formula is C7H6N4O. The van der Waals surface area contributed by atoms with Gasteiger partial charge in [0.15, 0.2) is 23.4 Å². The van der Waals surface area contributed by atoms with Gasteiger partial charge < -0.3 is 4.57 Å². The number of carbonyl (C=O) groups is 1. The highest BCUT2D eigenvalue weighted by Gasteiger charge is 2.06. The quantitative estimate of drug-likeness (QED) is 0.561. The van der Waals surface area contributed by atoms with Crippen molar-refractivity contribution in [1.29, 1.82) is 0 Å². The predicted molar refractivity (Wildman–Crippen MR) is 41.7 cm³/mol. The van der Waals surface area contributed by atoms with Crippen LogP contribution in [-0.4, -0.2) is 25.8 Å². The van der Waals surface area contributed by atoms with Crippen LogP contribution in [-0.2, 0) is 7.05 Å². The number of nitrogens with zero attached hydrogens (tertiary/aromatic N) is 4. The zero-order valence-corrected chi connectivity index (χ0v) is 6.43. The molecule has 12 heavy (non-hydrogen) atoms. The molecule has 0 fully saturated rings. The molecule has 2 aromatic heterocycles. The summed E-state index contributed by atoms with van der Waals surface area (Å²) in [5.74, 6) is 0.344. The van der Waals surface area contributed by atoms with Gasteiger partial charge >= 0.3 is 0 Å². The third kappa shape index (κ3) is 0.795. The lowest BCUT2D eigenvalue weighted by Crippen LogP contribution is -1.95. The first-order valence-corrected chi connectivity index (χ1v) is 3.41. The molecule has 0 N–H and O–H groups in total. The molecular weight excluding hydrogens is 156 g/mol. The molecule has 0 unspecified atom stereocenters. The Morgan fingerprint density at radius 3 is 2.83 bits per heavy atom. The lowest BCUT2D eigenvalue weighted by Gasteiger charge is -1.91. The van der Waals surface area contributed by atoms with Crippen molar-refractivity contribution < 1.29 is 4.79 Å². The van der Waals surface area contributed by atoms with E-state index in [-0.39, 0.29) is 0 Å². The van der Waals surface area contributed by atoms with E-state index in [1.165, 1.54) is 0 Å². The number of rotatable bonds is 1. The number of imidazole rings is 1. The van der Waals surface area contributed by atoms with Crippen molar-refractivity contribution in [2.24, 2.45) is 7.05 Å². The number of fused-ring (bicyclic) bond motifs is 1. The van der Waals surface area contributed by atoms with Crippen LogP contribution in [0.1, 0.15) is 10.6 Å². The highest BCUT2D eigenvalue weighted by atomic mass is 16.1. The van der Waals surface area contributed by atoms with Gasteiger partial charge in [0.1, 0.15) is 0 Å². The molecule has 0 aliphatic heterocycles. The summed E-state index contributed by atoms with van der Waals surface area (Å²) >= 11 is 0. The summed E-state index contributed by atoms with van der Waals surface area (Å²) in [6.07, 6.45) is 3.80. The first-order valence-electron chi connectivity index (χ1n) is 3.41. The summed E-state index contributed by atoms with van der Waals surface area (Å²) in [5.41, 5.74) is 1.13. The van der Waals surface area contributed by atoms with E-state index in [1.54, 1.807) is 24.0 Å². The molecule has 5 nitrogen and oxygen atoms in total. The van der Waals surface area contributed by atoms with Gasteiger partial charge in [0.25, 0.3) is 0 Å². The minimum Gasteiger partial charge on any atom is -0.308 e. The molecule has 0 atom stereocenters. The minimum atomic E-state index is 0.344. The van der Waals surface area contributed by atoms with Gasteiger partial charge in [-0.1, -0.05) is 0 Å². The Bertz CT molecular complexity index is 434. The minimum absolute atomic E-state index is 0.344. The summed E-state index contributed by atoms with van der Waals surface area (Å²) in [4.78, 5) is 22.4. The van der Waals surface area contributed by atoms with E-state index in [0.717, 1.165) is 0 Å². The van der Waals surface area contributed by atoms with Gasteiger partial charge in [-0.15, -0.1) is 0 Å². The van der Waals surface area contributed by atoms with Crippen molar-refractivity contribution in [3.63, 3.8) is 0 Å². The van der Waals surface area contributed by atoms with Crippen molar-refractivity contribution in [3.05, 3.63) is 18.2 Å². The van der Waals surface area contributed by atoms with Crippen molar-refractivity contribution in [2.75, 3.05) is 0 Å². The molecule has 60 valence electrons. The second-order valence-corrected chi connectivity index (χ2v) is 2.35. The van der Waals surface area contributed by atoms with Crippen LogP contribution in [0.5, 0.6) is 0 Å². The van der Waals surface area contributed by atoms with Crippen LogP contribution in [0.3, 0.4) is 0 Å². The fourth-order valence-corrected chi connectivity index (χ4v) is 1.04. The molecule has 2 rings (SSSR count). The maximum Gasteiger partial charge on any atom is 0.198 e. The highest BCUT2D eigenvalue weighted by Crippen LogP contribution is 2.06. The molecule has 0 bridgehead atoms. The van der Waals surface area contributed by atoms with Crippen LogP contribution in [0.25, 0.3) is 11.3 Å². The predicted octanol–water partition coefficient (Wildman–Crippen LogP) is 0.176. The van der Waals surface area contributed by atoms with Crippen molar-refractivity contribution in [1.82, 2.24) is 19.5 Å². The fraction of sp³-hybridized carbons (Fsp3) is 0.143. The zero-order chi connectivity index (χ0) is 8.55. The third-order valence-corrected chi connectivity index (χ3v) is 1.65.